The molecule has 0 bridgehead atoms. The number of aryl methyl sites for hydroxylation is 1. The maximum Gasteiger partial charge on any atom is 0.247 e. The molecule has 0 spiro atoms. The van der Waals surface area contributed by atoms with E-state index in [0.29, 0.717) is 23.5 Å². The summed E-state index contributed by atoms with van der Waals surface area (Å²) in [5.41, 5.74) is 4.79. The minimum Gasteiger partial charge on any atom is -0.420 e. The SMILES string of the molecule is Cc1ccc(-c2nnc(CSc3nnc(SCc4ccc(C(C)C)cc4)s3)o2)cc1. The lowest BCUT2D eigenvalue weighted by atomic mass is 10.0. The highest BCUT2D eigenvalue weighted by Crippen LogP contribution is 2.32. The summed E-state index contributed by atoms with van der Waals surface area (Å²) in [6.45, 7) is 6.47. The molecule has 0 fully saturated rings. The van der Waals surface area contributed by atoms with Crippen LogP contribution in [0.4, 0.5) is 0 Å². The average molecular weight is 455 g/mol. The molecule has 0 amide bonds. The van der Waals surface area contributed by atoms with Gasteiger partial charge in [-0.3, -0.25) is 0 Å². The van der Waals surface area contributed by atoms with Crippen molar-refractivity contribution in [3.05, 3.63) is 71.1 Å². The molecule has 0 aliphatic heterocycles. The van der Waals surface area contributed by atoms with Crippen molar-refractivity contribution in [3.8, 4) is 11.5 Å². The first-order chi connectivity index (χ1) is 14.6. The molecule has 154 valence electrons. The standard InChI is InChI=1S/C22H22N4OS3/c1-14(2)17-10-6-16(7-11-17)12-28-21-25-26-22(30-21)29-13-19-23-24-20(27-19)18-8-4-15(3)5-9-18/h4-11,14H,12-13H2,1-3H3. The molecule has 0 saturated carbocycles. The zero-order valence-corrected chi connectivity index (χ0v) is 19.5. The minimum absolute atomic E-state index is 0.544. The van der Waals surface area contributed by atoms with Crippen molar-refractivity contribution < 1.29 is 4.42 Å². The summed E-state index contributed by atoms with van der Waals surface area (Å²) in [6, 6.07) is 16.9. The first-order valence-corrected chi connectivity index (χ1v) is 12.4. The first-order valence-electron chi connectivity index (χ1n) is 9.64. The highest BCUT2D eigenvalue weighted by molar-refractivity contribution is 8.02. The molecule has 0 unspecified atom stereocenters. The molecule has 2 aromatic carbocycles. The summed E-state index contributed by atoms with van der Waals surface area (Å²) >= 11 is 4.88. The van der Waals surface area contributed by atoms with Crippen molar-refractivity contribution in [2.75, 3.05) is 0 Å². The lowest BCUT2D eigenvalue weighted by Gasteiger charge is -2.05. The van der Waals surface area contributed by atoms with Crippen molar-refractivity contribution in [1.82, 2.24) is 20.4 Å². The van der Waals surface area contributed by atoms with Gasteiger partial charge in [-0.2, -0.15) is 0 Å². The highest BCUT2D eigenvalue weighted by Gasteiger charge is 2.11. The molecular formula is C22H22N4OS3. The van der Waals surface area contributed by atoms with E-state index in [-0.39, 0.29) is 0 Å². The summed E-state index contributed by atoms with van der Waals surface area (Å²) in [6.07, 6.45) is 0. The number of hydrogen-bond acceptors (Lipinski definition) is 8. The molecule has 2 aromatic heterocycles. The van der Waals surface area contributed by atoms with Crippen LogP contribution in [0.25, 0.3) is 11.5 Å². The van der Waals surface area contributed by atoms with Gasteiger partial charge in [0, 0.05) is 11.3 Å². The van der Waals surface area contributed by atoms with Crippen LogP contribution in [0.2, 0.25) is 0 Å². The second-order valence-electron chi connectivity index (χ2n) is 7.17. The second-order valence-corrected chi connectivity index (χ2v) is 10.6. The molecule has 0 saturated heterocycles. The predicted octanol–water partition coefficient (Wildman–Crippen LogP) is 6.60. The summed E-state index contributed by atoms with van der Waals surface area (Å²) < 4.78 is 7.65. The van der Waals surface area contributed by atoms with Crippen molar-refractivity contribution in [2.45, 2.75) is 46.9 Å². The molecule has 5 nitrogen and oxygen atoms in total. The molecule has 0 aliphatic carbocycles. The molecule has 30 heavy (non-hydrogen) atoms. The Labute approximate surface area is 188 Å². The van der Waals surface area contributed by atoms with E-state index in [1.165, 1.54) is 16.7 Å². The van der Waals surface area contributed by atoms with Crippen LogP contribution in [0.5, 0.6) is 0 Å². The summed E-state index contributed by atoms with van der Waals surface area (Å²) in [5, 5.41) is 16.9. The van der Waals surface area contributed by atoms with Gasteiger partial charge in [-0.05, 0) is 36.1 Å². The number of rotatable bonds is 8. The zero-order valence-electron chi connectivity index (χ0n) is 17.0. The Kier molecular flexibility index (Phi) is 6.86. The van der Waals surface area contributed by atoms with Gasteiger partial charge in [0.15, 0.2) is 8.68 Å². The first kappa shape index (κ1) is 21.1. The molecule has 8 heteroatoms. The molecule has 4 rings (SSSR count). The van der Waals surface area contributed by atoms with Crippen LogP contribution in [-0.4, -0.2) is 20.4 Å². The van der Waals surface area contributed by atoms with E-state index < -0.39 is 0 Å². The Morgan fingerprint density at radius 3 is 2.17 bits per heavy atom. The van der Waals surface area contributed by atoms with Gasteiger partial charge >= 0.3 is 0 Å². The fraction of sp³-hybridized carbons (Fsp3) is 0.273. The molecule has 0 atom stereocenters. The summed E-state index contributed by atoms with van der Waals surface area (Å²) in [7, 11) is 0. The van der Waals surface area contributed by atoms with E-state index >= 15 is 0 Å². The molecule has 0 radical (unpaired) electrons. The molecular weight excluding hydrogens is 432 g/mol. The molecule has 4 aromatic rings. The maximum atomic E-state index is 5.78. The maximum absolute atomic E-state index is 5.78. The van der Waals surface area contributed by atoms with Crippen LogP contribution >= 0.6 is 34.9 Å². The Morgan fingerprint density at radius 1 is 0.833 bits per heavy atom. The lowest BCUT2D eigenvalue weighted by Crippen LogP contribution is -1.87. The number of nitrogens with zero attached hydrogens (tertiary/aromatic N) is 4. The van der Waals surface area contributed by atoms with Crippen LogP contribution in [-0.2, 0) is 11.5 Å². The quantitative estimate of drug-likeness (QED) is 0.278. The van der Waals surface area contributed by atoms with Crippen molar-refractivity contribution in [3.63, 3.8) is 0 Å². The smallest absolute Gasteiger partial charge is 0.247 e. The van der Waals surface area contributed by atoms with Crippen molar-refractivity contribution >= 4 is 34.9 Å². The minimum atomic E-state index is 0.544. The fourth-order valence-corrected chi connectivity index (χ4v) is 5.52. The van der Waals surface area contributed by atoms with E-state index in [0.717, 1.165) is 20.0 Å². The molecule has 2 heterocycles. The van der Waals surface area contributed by atoms with E-state index in [9.17, 15) is 0 Å². The van der Waals surface area contributed by atoms with Gasteiger partial charge in [-0.1, -0.05) is 90.7 Å². The largest absolute Gasteiger partial charge is 0.420 e. The van der Waals surface area contributed by atoms with Crippen molar-refractivity contribution in [1.29, 1.82) is 0 Å². The topological polar surface area (TPSA) is 64.7 Å². The molecule has 0 N–H and O–H groups in total. The van der Waals surface area contributed by atoms with Crippen LogP contribution in [0, 0.1) is 6.92 Å². The summed E-state index contributed by atoms with van der Waals surface area (Å²) in [5.74, 6) is 3.16. The van der Waals surface area contributed by atoms with Gasteiger partial charge in [-0.25, -0.2) is 0 Å². The number of thioether (sulfide) groups is 2. The van der Waals surface area contributed by atoms with E-state index in [2.05, 4.69) is 65.4 Å². The Morgan fingerprint density at radius 2 is 1.50 bits per heavy atom. The zero-order chi connectivity index (χ0) is 20.9. The number of aromatic nitrogens is 4. The Hall–Kier alpha value is -2.16. The highest BCUT2D eigenvalue weighted by atomic mass is 32.2. The van der Waals surface area contributed by atoms with Crippen LogP contribution in [0.1, 0.15) is 42.3 Å². The fourth-order valence-electron chi connectivity index (χ4n) is 2.71. The van der Waals surface area contributed by atoms with Gasteiger partial charge < -0.3 is 4.42 Å². The van der Waals surface area contributed by atoms with Crippen LogP contribution in [0.3, 0.4) is 0 Å². The number of benzene rings is 2. The molecule has 0 aliphatic rings. The van der Waals surface area contributed by atoms with E-state index in [1.807, 2.05) is 24.3 Å². The Balaban J connectivity index is 1.29. The van der Waals surface area contributed by atoms with Crippen LogP contribution in [0.15, 0.2) is 61.6 Å². The third-order valence-electron chi connectivity index (χ3n) is 4.48. The predicted molar refractivity (Wildman–Crippen MR) is 124 cm³/mol. The van der Waals surface area contributed by atoms with Gasteiger partial charge in [0.05, 0.1) is 5.75 Å². The lowest BCUT2D eigenvalue weighted by molar-refractivity contribution is 0.528. The third-order valence-corrected chi connectivity index (χ3v) is 7.73. The average Bonchev–Trinajstić information content (AvgIpc) is 3.41. The van der Waals surface area contributed by atoms with E-state index in [1.54, 1.807) is 34.9 Å². The van der Waals surface area contributed by atoms with Gasteiger partial charge in [0.1, 0.15) is 0 Å². The summed E-state index contributed by atoms with van der Waals surface area (Å²) in [4.78, 5) is 0. The third kappa shape index (κ3) is 5.50. The second kappa shape index (κ2) is 9.76. The van der Waals surface area contributed by atoms with Gasteiger partial charge in [0.2, 0.25) is 11.8 Å². The number of hydrogen-bond donors (Lipinski definition) is 0. The normalized spacial score (nSPS) is 11.3. The van der Waals surface area contributed by atoms with Crippen LogP contribution < -0.4 is 0 Å². The van der Waals surface area contributed by atoms with Crippen molar-refractivity contribution in [2.24, 2.45) is 0 Å². The Bertz CT molecular complexity index is 1090. The monoisotopic (exact) mass is 454 g/mol. The van der Waals surface area contributed by atoms with E-state index in [4.69, 9.17) is 4.42 Å². The van der Waals surface area contributed by atoms with Gasteiger partial charge in [-0.15, -0.1) is 20.4 Å². The van der Waals surface area contributed by atoms with Gasteiger partial charge in [0.25, 0.3) is 0 Å².